The highest BCUT2D eigenvalue weighted by Gasteiger charge is 2.22. The summed E-state index contributed by atoms with van der Waals surface area (Å²) in [6, 6.07) is 3.33. The lowest BCUT2D eigenvalue weighted by molar-refractivity contribution is -0.0455. The maximum absolute atomic E-state index is 5.89. The van der Waals surface area contributed by atoms with Gasteiger partial charge in [0, 0.05) is 50.7 Å². The molecule has 2 rings (SSSR count). The monoisotopic (exact) mass is 279 g/mol. The average Bonchev–Trinajstić information content (AvgIpc) is 2.84. The molecule has 0 spiro atoms. The summed E-state index contributed by atoms with van der Waals surface area (Å²) >= 11 is 0. The second-order valence-electron chi connectivity index (χ2n) is 6.33. The maximum atomic E-state index is 5.89. The van der Waals surface area contributed by atoms with Crippen LogP contribution < -0.4 is 5.32 Å². The van der Waals surface area contributed by atoms with Crippen molar-refractivity contribution in [3.05, 3.63) is 24.0 Å². The minimum Gasteiger partial charge on any atom is -0.374 e. The first-order valence-corrected chi connectivity index (χ1v) is 7.78. The molecule has 1 unspecified atom stereocenters. The van der Waals surface area contributed by atoms with Crippen LogP contribution in [-0.2, 0) is 17.8 Å². The normalized spacial score (nSPS) is 21.0. The summed E-state index contributed by atoms with van der Waals surface area (Å²) in [7, 11) is 0. The second-order valence-corrected chi connectivity index (χ2v) is 6.33. The van der Waals surface area contributed by atoms with Gasteiger partial charge in [0.25, 0.3) is 0 Å². The summed E-state index contributed by atoms with van der Waals surface area (Å²) in [5.41, 5.74) is 1.34. The molecule has 114 valence electrons. The molecule has 4 nitrogen and oxygen atoms in total. The summed E-state index contributed by atoms with van der Waals surface area (Å²) in [6.45, 7) is 13.7. The summed E-state index contributed by atoms with van der Waals surface area (Å²) in [5.74, 6) is 0. The molecule has 1 N–H and O–H groups in total. The Labute approximate surface area is 123 Å². The second kappa shape index (κ2) is 7.25. The predicted molar refractivity (Wildman–Crippen MR) is 82.9 cm³/mol. The van der Waals surface area contributed by atoms with Gasteiger partial charge >= 0.3 is 0 Å². The Morgan fingerprint density at radius 1 is 1.35 bits per heavy atom. The van der Waals surface area contributed by atoms with Gasteiger partial charge in [-0.2, -0.15) is 0 Å². The van der Waals surface area contributed by atoms with Crippen molar-refractivity contribution in [3.8, 4) is 0 Å². The summed E-state index contributed by atoms with van der Waals surface area (Å²) in [5, 5.41) is 3.45. The number of ether oxygens (including phenoxy) is 1. The number of morpholine rings is 1. The Hall–Kier alpha value is -0.840. The van der Waals surface area contributed by atoms with Crippen molar-refractivity contribution in [2.75, 3.05) is 19.7 Å². The molecular weight excluding hydrogens is 250 g/mol. The summed E-state index contributed by atoms with van der Waals surface area (Å²) < 4.78 is 8.15. The van der Waals surface area contributed by atoms with Crippen LogP contribution in [0.2, 0.25) is 0 Å². The third kappa shape index (κ3) is 4.62. The molecule has 0 amide bonds. The zero-order chi connectivity index (χ0) is 14.5. The number of hydrogen-bond acceptors (Lipinski definition) is 3. The number of aromatic nitrogens is 1. The third-order valence-corrected chi connectivity index (χ3v) is 3.84. The first-order chi connectivity index (χ1) is 9.54. The van der Waals surface area contributed by atoms with E-state index in [9.17, 15) is 0 Å². The lowest BCUT2D eigenvalue weighted by atomic mass is 10.2. The van der Waals surface area contributed by atoms with Gasteiger partial charge in [0.15, 0.2) is 0 Å². The fraction of sp³-hybridized carbons (Fsp3) is 0.750. The molecular formula is C16H29N3O. The number of nitrogens with zero attached hydrogens (tertiary/aromatic N) is 2. The van der Waals surface area contributed by atoms with Crippen LogP contribution in [0.4, 0.5) is 0 Å². The number of rotatable bonds is 6. The Kier molecular flexibility index (Phi) is 5.64. The van der Waals surface area contributed by atoms with E-state index in [1.54, 1.807) is 0 Å². The lowest BCUT2D eigenvalue weighted by Gasteiger charge is -2.35. The minimum absolute atomic E-state index is 0.310. The molecule has 0 aromatic carbocycles. The smallest absolute Gasteiger partial charge is 0.0881 e. The third-order valence-electron chi connectivity index (χ3n) is 3.84. The van der Waals surface area contributed by atoms with Gasteiger partial charge < -0.3 is 14.6 Å². The van der Waals surface area contributed by atoms with Crippen LogP contribution in [0.25, 0.3) is 0 Å². The lowest BCUT2D eigenvalue weighted by Crippen LogP contribution is -2.47. The topological polar surface area (TPSA) is 29.4 Å². The molecule has 0 bridgehead atoms. The molecule has 2 heterocycles. The van der Waals surface area contributed by atoms with Crippen molar-refractivity contribution in [3.63, 3.8) is 0 Å². The van der Waals surface area contributed by atoms with Gasteiger partial charge in [-0.15, -0.1) is 0 Å². The first kappa shape index (κ1) is 15.5. The Bertz CT molecular complexity index is 400. The van der Waals surface area contributed by atoms with E-state index in [1.165, 1.54) is 5.56 Å². The largest absolute Gasteiger partial charge is 0.374 e. The van der Waals surface area contributed by atoms with Gasteiger partial charge in [-0.3, -0.25) is 4.90 Å². The van der Waals surface area contributed by atoms with Crippen LogP contribution in [0.1, 0.15) is 33.3 Å². The van der Waals surface area contributed by atoms with Gasteiger partial charge in [-0.1, -0.05) is 13.8 Å². The van der Waals surface area contributed by atoms with Gasteiger partial charge in [-0.25, -0.2) is 0 Å². The zero-order valence-electron chi connectivity index (χ0n) is 13.3. The highest BCUT2D eigenvalue weighted by Crippen LogP contribution is 2.11. The van der Waals surface area contributed by atoms with Crippen LogP contribution in [0.15, 0.2) is 18.5 Å². The van der Waals surface area contributed by atoms with Crippen LogP contribution in [0.5, 0.6) is 0 Å². The van der Waals surface area contributed by atoms with E-state index < -0.39 is 0 Å². The van der Waals surface area contributed by atoms with Crippen molar-refractivity contribution in [1.29, 1.82) is 0 Å². The van der Waals surface area contributed by atoms with Crippen molar-refractivity contribution in [1.82, 2.24) is 14.8 Å². The Morgan fingerprint density at radius 2 is 2.15 bits per heavy atom. The fourth-order valence-corrected chi connectivity index (χ4v) is 2.59. The molecule has 1 saturated heterocycles. The van der Waals surface area contributed by atoms with Crippen molar-refractivity contribution < 1.29 is 4.74 Å². The van der Waals surface area contributed by atoms with Gasteiger partial charge in [0.05, 0.1) is 12.7 Å². The van der Waals surface area contributed by atoms with E-state index in [1.807, 2.05) is 0 Å². The van der Waals surface area contributed by atoms with Gasteiger partial charge in [0.2, 0.25) is 0 Å². The summed E-state index contributed by atoms with van der Waals surface area (Å²) in [6.07, 6.45) is 4.70. The SMILES string of the molecule is CC(C)NCc1ccn(CC2CN(C(C)C)CCO2)c1. The molecule has 1 aliphatic heterocycles. The first-order valence-electron chi connectivity index (χ1n) is 7.78. The molecule has 0 saturated carbocycles. The molecule has 0 aliphatic carbocycles. The fourth-order valence-electron chi connectivity index (χ4n) is 2.59. The van der Waals surface area contributed by atoms with Gasteiger partial charge in [-0.05, 0) is 25.5 Å². The van der Waals surface area contributed by atoms with E-state index in [2.05, 4.69) is 60.9 Å². The summed E-state index contributed by atoms with van der Waals surface area (Å²) in [4.78, 5) is 2.50. The number of nitrogens with one attached hydrogen (secondary N) is 1. The Morgan fingerprint density at radius 3 is 2.85 bits per heavy atom. The zero-order valence-corrected chi connectivity index (χ0v) is 13.3. The van der Waals surface area contributed by atoms with E-state index in [-0.39, 0.29) is 0 Å². The van der Waals surface area contributed by atoms with Crippen molar-refractivity contribution >= 4 is 0 Å². The highest BCUT2D eigenvalue weighted by atomic mass is 16.5. The molecule has 0 radical (unpaired) electrons. The van der Waals surface area contributed by atoms with Crippen LogP contribution >= 0.6 is 0 Å². The maximum Gasteiger partial charge on any atom is 0.0881 e. The van der Waals surface area contributed by atoms with Gasteiger partial charge in [0.1, 0.15) is 0 Å². The van der Waals surface area contributed by atoms with Crippen LogP contribution in [0, 0.1) is 0 Å². The average molecular weight is 279 g/mol. The molecule has 1 aliphatic rings. The predicted octanol–water partition coefficient (Wildman–Crippen LogP) is 2.10. The molecule has 4 heteroatoms. The van der Waals surface area contributed by atoms with Crippen LogP contribution in [0.3, 0.4) is 0 Å². The van der Waals surface area contributed by atoms with E-state index in [4.69, 9.17) is 4.74 Å². The minimum atomic E-state index is 0.310. The molecule has 1 aromatic rings. The molecule has 20 heavy (non-hydrogen) atoms. The molecule has 1 aromatic heterocycles. The van der Waals surface area contributed by atoms with E-state index >= 15 is 0 Å². The van der Waals surface area contributed by atoms with Crippen molar-refractivity contribution in [2.24, 2.45) is 0 Å². The van der Waals surface area contributed by atoms with E-state index in [0.717, 1.165) is 32.8 Å². The highest BCUT2D eigenvalue weighted by molar-refractivity contribution is 5.10. The number of hydrogen-bond donors (Lipinski definition) is 1. The molecule has 1 fully saturated rings. The Balaban J connectivity index is 1.83. The molecule has 1 atom stereocenters. The van der Waals surface area contributed by atoms with Crippen molar-refractivity contribution in [2.45, 2.75) is 59.0 Å². The standard InChI is InChI=1S/C16H29N3O/c1-13(2)17-9-15-5-6-18(10-15)11-16-12-19(14(3)4)7-8-20-16/h5-6,10,13-14,16-17H,7-9,11-12H2,1-4H3. The van der Waals surface area contributed by atoms with Crippen LogP contribution in [-0.4, -0.2) is 47.4 Å². The quantitative estimate of drug-likeness (QED) is 0.865. The van der Waals surface area contributed by atoms with E-state index in [0.29, 0.717) is 18.2 Å².